The predicted molar refractivity (Wildman–Crippen MR) is 69.3 cm³/mol. The standard InChI is InChI=1S/C11H9Br2F3O3/c1-2-18-10(17)6-3-4-7(12)9(8(6)13)19-11(15,16)5-14/h3-4H,2,5H2,1H3. The summed E-state index contributed by atoms with van der Waals surface area (Å²) >= 11 is 5.96. The van der Waals surface area contributed by atoms with Crippen LogP contribution < -0.4 is 4.74 Å². The fourth-order valence-corrected chi connectivity index (χ4v) is 2.44. The van der Waals surface area contributed by atoms with Crippen molar-refractivity contribution in [3.8, 4) is 5.75 Å². The number of halogens is 5. The van der Waals surface area contributed by atoms with E-state index in [4.69, 9.17) is 4.74 Å². The van der Waals surface area contributed by atoms with E-state index in [9.17, 15) is 18.0 Å². The second-order valence-electron chi connectivity index (χ2n) is 3.33. The summed E-state index contributed by atoms with van der Waals surface area (Å²) in [4.78, 5) is 11.6. The third-order valence-corrected chi connectivity index (χ3v) is 3.36. The van der Waals surface area contributed by atoms with Crippen LogP contribution in [0.15, 0.2) is 21.1 Å². The van der Waals surface area contributed by atoms with Crippen molar-refractivity contribution < 1.29 is 27.4 Å². The maximum atomic E-state index is 12.9. The molecule has 0 bridgehead atoms. The highest BCUT2D eigenvalue weighted by Gasteiger charge is 2.34. The number of ether oxygens (including phenoxy) is 2. The van der Waals surface area contributed by atoms with Crippen molar-refractivity contribution in [1.29, 1.82) is 0 Å². The number of hydrogen-bond acceptors (Lipinski definition) is 3. The number of esters is 1. The van der Waals surface area contributed by atoms with Gasteiger partial charge >= 0.3 is 12.1 Å². The van der Waals surface area contributed by atoms with Crippen LogP contribution in [0.2, 0.25) is 0 Å². The van der Waals surface area contributed by atoms with Gasteiger partial charge in [0.15, 0.2) is 12.4 Å². The molecule has 0 fully saturated rings. The number of carbonyl (C=O) groups excluding carboxylic acids is 1. The molecule has 1 rings (SSSR count). The monoisotopic (exact) mass is 404 g/mol. The molecule has 0 aliphatic carbocycles. The highest BCUT2D eigenvalue weighted by atomic mass is 79.9. The number of carbonyl (C=O) groups is 1. The fraction of sp³-hybridized carbons (Fsp3) is 0.364. The lowest BCUT2D eigenvalue weighted by atomic mass is 10.2. The first-order valence-corrected chi connectivity index (χ1v) is 6.69. The largest absolute Gasteiger partial charge is 0.462 e. The normalized spacial score (nSPS) is 11.3. The molecule has 0 aromatic heterocycles. The van der Waals surface area contributed by atoms with E-state index in [2.05, 4.69) is 36.6 Å². The zero-order chi connectivity index (χ0) is 14.6. The van der Waals surface area contributed by atoms with Crippen molar-refractivity contribution in [3.63, 3.8) is 0 Å². The molecule has 0 saturated carbocycles. The zero-order valence-electron chi connectivity index (χ0n) is 9.68. The third kappa shape index (κ3) is 4.10. The molecule has 0 spiro atoms. The average Bonchev–Trinajstić information content (AvgIpc) is 2.35. The van der Waals surface area contributed by atoms with Crippen molar-refractivity contribution in [1.82, 2.24) is 0 Å². The van der Waals surface area contributed by atoms with Crippen LogP contribution in [0.5, 0.6) is 5.75 Å². The van der Waals surface area contributed by atoms with Gasteiger partial charge in [-0.2, -0.15) is 8.78 Å². The zero-order valence-corrected chi connectivity index (χ0v) is 12.9. The Morgan fingerprint density at radius 3 is 2.53 bits per heavy atom. The van der Waals surface area contributed by atoms with Gasteiger partial charge in [-0.3, -0.25) is 0 Å². The van der Waals surface area contributed by atoms with Gasteiger partial charge < -0.3 is 9.47 Å². The Morgan fingerprint density at radius 1 is 1.37 bits per heavy atom. The van der Waals surface area contributed by atoms with E-state index in [0.717, 1.165) is 0 Å². The van der Waals surface area contributed by atoms with Crippen LogP contribution in [0, 0.1) is 0 Å². The van der Waals surface area contributed by atoms with Gasteiger partial charge in [0, 0.05) is 0 Å². The van der Waals surface area contributed by atoms with Crippen LogP contribution in [0.1, 0.15) is 17.3 Å². The summed E-state index contributed by atoms with van der Waals surface area (Å²) in [6, 6.07) is 2.70. The first kappa shape index (κ1) is 16.3. The average molecular weight is 406 g/mol. The van der Waals surface area contributed by atoms with E-state index in [1.807, 2.05) is 0 Å². The van der Waals surface area contributed by atoms with Crippen molar-refractivity contribution in [2.24, 2.45) is 0 Å². The number of hydrogen-bond donors (Lipinski definition) is 0. The van der Waals surface area contributed by atoms with E-state index in [0.29, 0.717) is 0 Å². The van der Waals surface area contributed by atoms with Crippen LogP contribution in [0.25, 0.3) is 0 Å². The Balaban J connectivity index is 3.18. The van der Waals surface area contributed by atoms with Gasteiger partial charge in [-0.1, -0.05) is 0 Å². The van der Waals surface area contributed by atoms with Crippen molar-refractivity contribution in [3.05, 3.63) is 26.6 Å². The Kier molecular flexibility index (Phi) is 5.66. The molecule has 3 nitrogen and oxygen atoms in total. The van der Waals surface area contributed by atoms with Crippen LogP contribution in [-0.2, 0) is 4.74 Å². The van der Waals surface area contributed by atoms with Crippen molar-refractivity contribution in [2.75, 3.05) is 13.3 Å². The van der Waals surface area contributed by atoms with Gasteiger partial charge in [-0.15, -0.1) is 0 Å². The number of alkyl halides is 3. The van der Waals surface area contributed by atoms with E-state index in [1.165, 1.54) is 12.1 Å². The lowest BCUT2D eigenvalue weighted by Gasteiger charge is -2.18. The molecule has 0 aliphatic heterocycles. The minimum absolute atomic E-state index is 0.00899. The summed E-state index contributed by atoms with van der Waals surface area (Å²) < 4.78 is 47.1. The van der Waals surface area contributed by atoms with Gasteiger partial charge in [0.05, 0.1) is 21.1 Å². The van der Waals surface area contributed by atoms with Crippen LogP contribution in [0.3, 0.4) is 0 Å². The van der Waals surface area contributed by atoms with Crippen LogP contribution in [0.4, 0.5) is 13.2 Å². The topological polar surface area (TPSA) is 35.5 Å². The second-order valence-corrected chi connectivity index (χ2v) is 4.98. The SMILES string of the molecule is CCOC(=O)c1ccc(Br)c(OC(F)(F)CF)c1Br. The Labute approximate surface area is 124 Å². The van der Waals surface area contributed by atoms with Gasteiger partial charge in [0.2, 0.25) is 0 Å². The Morgan fingerprint density at radius 2 is 2.00 bits per heavy atom. The molecule has 1 aromatic carbocycles. The van der Waals surface area contributed by atoms with Crippen LogP contribution in [-0.4, -0.2) is 25.4 Å². The quantitative estimate of drug-likeness (QED) is 0.684. The summed E-state index contributed by atoms with van der Waals surface area (Å²) in [5.41, 5.74) is 0.00899. The minimum atomic E-state index is -3.97. The molecule has 1 aromatic rings. The van der Waals surface area contributed by atoms with Crippen LogP contribution >= 0.6 is 31.9 Å². The summed E-state index contributed by atoms with van der Waals surface area (Å²) in [5.74, 6) is -1.07. The highest BCUT2D eigenvalue weighted by molar-refractivity contribution is 9.11. The molecule has 8 heteroatoms. The van der Waals surface area contributed by atoms with E-state index in [-0.39, 0.29) is 26.9 Å². The Hall–Kier alpha value is -0.760. The predicted octanol–water partition coefficient (Wildman–Crippen LogP) is 4.33. The molecule has 0 atom stereocenters. The molecule has 0 amide bonds. The lowest BCUT2D eigenvalue weighted by Crippen LogP contribution is -2.27. The lowest BCUT2D eigenvalue weighted by molar-refractivity contribution is -0.187. The first-order chi connectivity index (χ1) is 8.82. The molecule has 0 aliphatic rings. The maximum Gasteiger partial charge on any atom is 0.427 e. The molecule has 19 heavy (non-hydrogen) atoms. The molecule has 0 heterocycles. The first-order valence-electron chi connectivity index (χ1n) is 5.10. The molecular formula is C11H9Br2F3O3. The summed E-state index contributed by atoms with van der Waals surface area (Å²) in [6.07, 6.45) is -3.97. The van der Waals surface area contributed by atoms with Gasteiger partial charge in [-0.05, 0) is 50.9 Å². The molecule has 0 unspecified atom stereocenters. The van der Waals surface area contributed by atoms with Gasteiger partial charge in [-0.25, -0.2) is 9.18 Å². The molecule has 106 valence electrons. The minimum Gasteiger partial charge on any atom is -0.462 e. The van der Waals surface area contributed by atoms with E-state index < -0.39 is 18.8 Å². The molecule has 0 saturated heterocycles. The Bertz CT molecular complexity index is 480. The summed E-state index contributed by atoms with van der Waals surface area (Å²) in [7, 11) is 0. The van der Waals surface area contributed by atoms with Crippen molar-refractivity contribution in [2.45, 2.75) is 13.0 Å². The van der Waals surface area contributed by atoms with E-state index >= 15 is 0 Å². The van der Waals surface area contributed by atoms with E-state index in [1.54, 1.807) is 6.92 Å². The number of rotatable bonds is 5. The van der Waals surface area contributed by atoms with Crippen molar-refractivity contribution >= 4 is 37.8 Å². The molecule has 0 N–H and O–H groups in total. The van der Waals surface area contributed by atoms with Gasteiger partial charge in [0.1, 0.15) is 0 Å². The smallest absolute Gasteiger partial charge is 0.427 e. The molecular weight excluding hydrogens is 397 g/mol. The fourth-order valence-electron chi connectivity index (χ4n) is 1.17. The maximum absolute atomic E-state index is 12.9. The van der Waals surface area contributed by atoms with Gasteiger partial charge in [0.25, 0.3) is 0 Å². The molecule has 0 radical (unpaired) electrons. The highest BCUT2D eigenvalue weighted by Crippen LogP contribution is 2.39. The summed E-state index contributed by atoms with van der Waals surface area (Å²) in [6.45, 7) is -0.229. The summed E-state index contributed by atoms with van der Waals surface area (Å²) in [5, 5.41) is 0. The third-order valence-electron chi connectivity index (χ3n) is 1.95. The second kappa shape index (κ2) is 6.60. The number of benzene rings is 1.